The van der Waals surface area contributed by atoms with E-state index in [2.05, 4.69) is 73.8 Å². The minimum Gasteiger partial charge on any atom is -0.374 e. The highest BCUT2D eigenvalue weighted by Crippen LogP contribution is 2.26. The Labute approximate surface area is 108 Å². The van der Waals surface area contributed by atoms with E-state index >= 15 is 0 Å². The van der Waals surface area contributed by atoms with E-state index in [0.29, 0.717) is 5.41 Å². The molecular weight excluding hydrogens is 262 g/mol. The van der Waals surface area contributed by atoms with Gasteiger partial charge in [-0.05, 0) is 24.0 Å². The van der Waals surface area contributed by atoms with E-state index in [1.54, 1.807) is 0 Å². The predicted octanol–water partition coefficient (Wildman–Crippen LogP) is 4.37. The molecule has 0 spiro atoms. The molecule has 0 atom stereocenters. The topological polar surface area (TPSA) is 3.24 Å². The lowest BCUT2D eigenvalue weighted by atomic mass is 9.95. The third-order valence-corrected chi connectivity index (χ3v) is 3.11. The van der Waals surface area contributed by atoms with Gasteiger partial charge in [-0.2, -0.15) is 0 Å². The Morgan fingerprint density at radius 3 is 2.38 bits per heavy atom. The van der Waals surface area contributed by atoms with Crippen LogP contribution >= 0.6 is 15.9 Å². The van der Waals surface area contributed by atoms with Gasteiger partial charge in [0.05, 0.1) is 0 Å². The molecule has 16 heavy (non-hydrogen) atoms. The minimum absolute atomic E-state index is 0.323. The normalized spacial score (nSPS) is 11.6. The summed E-state index contributed by atoms with van der Waals surface area (Å²) in [6.07, 6.45) is 0. The van der Waals surface area contributed by atoms with Crippen molar-refractivity contribution in [3.8, 4) is 0 Å². The average molecular weight is 284 g/mol. The highest BCUT2D eigenvalue weighted by molar-refractivity contribution is 9.08. The predicted molar refractivity (Wildman–Crippen MR) is 76.5 cm³/mol. The summed E-state index contributed by atoms with van der Waals surface area (Å²) >= 11 is 3.56. The molecule has 0 saturated heterocycles. The number of hydrogen-bond acceptors (Lipinski definition) is 1. The van der Waals surface area contributed by atoms with Crippen LogP contribution in [0.4, 0.5) is 5.69 Å². The van der Waals surface area contributed by atoms with Gasteiger partial charge in [0.1, 0.15) is 0 Å². The van der Waals surface area contributed by atoms with Gasteiger partial charge in [0.15, 0.2) is 0 Å². The molecule has 0 aliphatic carbocycles. The monoisotopic (exact) mass is 283 g/mol. The van der Waals surface area contributed by atoms with Crippen molar-refractivity contribution >= 4 is 21.6 Å². The van der Waals surface area contributed by atoms with Crippen LogP contribution in [-0.2, 0) is 5.33 Å². The van der Waals surface area contributed by atoms with Crippen molar-refractivity contribution in [2.24, 2.45) is 5.41 Å². The maximum atomic E-state index is 3.56. The van der Waals surface area contributed by atoms with Gasteiger partial charge in [0, 0.05) is 24.6 Å². The number of benzene rings is 1. The van der Waals surface area contributed by atoms with E-state index < -0.39 is 0 Å². The molecule has 0 radical (unpaired) electrons. The molecule has 0 saturated carbocycles. The van der Waals surface area contributed by atoms with Gasteiger partial charge in [-0.1, -0.05) is 54.4 Å². The first-order valence-corrected chi connectivity index (χ1v) is 6.82. The number of halogens is 1. The summed E-state index contributed by atoms with van der Waals surface area (Å²) in [6, 6.07) is 6.65. The van der Waals surface area contributed by atoms with Crippen LogP contribution in [-0.4, -0.2) is 13.6 Å². The lowest BCUT2D eigenvalue weighted by Gasteiger charge is -2.29. The molecule has 2 heteroatoms. The Bertz CT molecular complexity index is 352. The summed E-state index contributed by atoms with van der Waals surface area (Å²) in [7, 11) is 2.17. The average Bonchev–Trinajstić information content (AvgIpc) is 2.14. The lowest BCUT2D eigenvalue weighted by Crippen LogP contribution is -2.29. The molecule has 0 N–H and O–H groups in total. The van der Waals surface area contributed by atoms with E-state index in [9.17, 15) is 0 Å². The molecule has 0 bridgehead atoms. The summed E-state index contributed by atoms with van der Waals surface area (Å²) in [5, 5.41) is 0.915. The summed E-state index contributed by atoms with van der Waals surface area (Å²) in [4.78, 5) is 2.34. The van der Waals surface area contributed by atoms with Crippen LogP contribution in [0, 0.1) is 12.3 Å². The fraction of sp³-hybridized carbons (Fsp3) is 0.571. The van der Waals surface area contributed by atoms with Crippen LogP contribution in [0.5, 0.6) is 0 Å². The SMILES string of the molecule is Cc1ccc(N(C)CC(C)(C)C)c(CBr)c1. The first-order valence-electron chi connectivity index (χ1n) is 5.70. The third kappa shape index (κ3) is 3.82. The molecule has 1 nitrogen and oxygen atoms in total. The molecule has 0 unspecified atom stereocenters. The molecule has 90 valence electrons. The first-order chi connectivity index (χ1) is 7.33. The zero-order chi connectivity index (χ0) is 12.3. The highest BCUT2D eigenvalue weighted by atomic mass is 79.9. The summed E-state index contributed by atoms with van der Waals surface area (Å²) in [6.45, 7) is 10.0. The van der Waals surface area contributed by atoms with Crippen LogP contribution in [0.2, 0.25) is 0 Å². The van der Waals surface area contributed by atoms with E-state index in [1.165, 1.54) is 16.8 Å². The second-order valence-corrected chi connectivity index (χ2v) is 6.24. The quantitative estimate of drug-likeness (QED) is 0.745. The van der Waals surface area contributed by atoms with Gasteiger partial charge in [-0.3, -0.25) is 0 Å². The van der Waals surface area contributed by atoms with Crippen molar-refractivity contribution in [3.05, 3.63) is 29.3 Å². The maximum absolute atomic E-state index is 3.56. The van der Waals surface area contributed by atoms with Crippen molar-refractivity contribution < 1.29 is 0 Å². The van der Waals surface area contributed by atoms with Gasteiger partial charge in [-0.25, -0.2) is 0 Å². The molecule has 0 aliphatic rings. The summed E-state index contributed by atoms with van der Waals surface area (Å²) < 4.78 is 0. The van der Waals surface area contributed by atoms with Crippen molar-refractivity contribution in [3.63, 3.8) is 0 Å². The van der Waals surface area contributed by atoms with Gasteiger partial charge in [-0.15, -0.1) is 0 Å². The zero-order valence-corrected chi connectivity index (χ0v) is 12.6. The van der Waals surface area contributed by atoms with Crippen molar-refractivity contribution in [1.29, 1.82) is 0 Å². The Hall–Kier alpha value is -0.500. The number of hydrogen-bond donors (Lipinski definition) is 0. The Kier molecular flexibility index (Phi) is 4.43. The standard InChI is InChI=1S/C14H22BrN/c1-11-6-7-13(12(8-11)9-15)16(5)10-14(2,3)4/h6-8H,9-10H2,1-5H3. The minimum atomic E-state index is 0.323. The molecule has 1 aromatic rings. The number of nitrogens with zero attached hydrogens (tertiary/aromatic N) is 1. The Morgan fingerprint density at radius 1 is 1.25 bits per heavy atom. The summed E-state index contributed by atoms with van der Waals surface area (Å²) in [5.74, 6) is 0. The number of anilines is 1. The van der Waals surface area contributed by atoms with E-state index in [1.807, 2.05) is 0 Å². The van der Waals surface area contributed by atoms with E-state index in [0.717, 1.165) is 11.9 Å². The van der Waals surface area contributed by atoms with Crippen LogP contribution in [0.3, 0.4) is 0 Å². The molecule has 0 aromatic heterocycles. The van der Waals surface area contributed by atoms with Crippen LogP contribution < -0.4 is 4.90 Å². The molecule has 0 fully saturated rings. The fourth-order valence-corrected chi connectivity index (χ4v) is 2.44. The molecule has 1 aromatic carbocycles. The second kappa shape index (κ2) is 5.22. The van der Waals surface area contributed by atoms with Gasteiger partial charge in [0.25, 0.3) is 0 Å². The highest BCUT2D eigenvalue weighted by Gasteiger charge is 2.15. The number of aryl methyl sites for hydroxylation is 1. The lowest BCUT2D eigenvalue weighted by molar-refractivity contribution is 0.419. The molecule has 0 aliphatic heterocycles. The van der Waals surface area contributed by atoms with E-state index in [-0.39, 0.29) is 0 Å². The number of rotatable bonds is 3. The fourth-order valence-electron chi connectivity index (χ4n) is 1.99. The van der Waals surface area contributed by atoms with Gasteiger partial charge < -0.3 is 4.90 Å². The Balaban J connectivity index is 2.94. The first kappa shape index (κ1) is 13.6. The van der Waals surface area contributed by atoms with Crippen LogP contribution in [0.1, 0.15) is 31.9 Å². The Morgan fingerprint density at radius 2 is 1.88 bits per heavy atom. The van der Waals surface area contributed by atoms with Crippen molar-refractivity contribution in [1.82, 2.24) is 0 Å². The molecule has 0 heterocycles. The van der Waals surface area contributed by atoms with Gasteiger partial charge >= 0.3 is 0 Å². The maximum Gasteiger partial charge on any atom is 0.0405 e. The molecule has 1 rings (SSSR count). The van der Waals surface area contributed by atoms with Crippen molar-refractivity contribution in [2.75, 3.05) is 18.5 Å². The number of alkyl halides is 1. The van der Waals surface area contributed by atoms with Crippen molar-refractivity contribution in [2.45, 2.75) is 33.0 Å². The van der Waals surface area contributed by atoms with Crippen LogP contribution in [0.25, 0.3) is 0 Å². The van der Waals surface area contributed by atoms with Gasteiger partial charge in [0.2, 0.25) is 0 Å². The molecular formula is C14H22BrN. The zero-order valence-electron chi connectivity index (χ0n) is 11.0. The largest absolute Gasteiger partial charge is 0.374 e. The third-order valence-electron chi connectivity index (χ3n) is 2.50. The van der Waals surface area contributed by atoms with E-state index in [4.69, 9.17) is 0 Å². The molecule has 0 amide bonds. The summed E-state index contributed by atoms with van der Waals surface area (Å²) in [5.41, 5.74) is 4.34. The van der Waals surface area contributed by atoms with Crippen LogP contribution in [0.15, 0.2) is 18.2 Å². The second-order valence-electron chi connectivity index (χ2n) is 5.68. The smallest absolute Gasteiger partial charge is 0.0405 e.